The average molecular weight is 481 g/mol. The fourth-order valence-corrected chi connectivity index (χ4v) is 4.16. The van der Waals surface area contributed by atoms with Gasteiger partial charge in [-0.15, -0.1) is 0 Å². The quantitative estimate of drug-likeness (QED) is 0.385. The Hall–Kier alpha value is -3.65. The third-order valence-corrected chi connectivity index (χ3v) is 5.89. The van der Waals surface area contributed by atoms with Gasteiger partial charge in [0.15, 0.2) is 0 Å². The minimum Gasteiger partial charge on any atom is -0.481 e. The van der Waals surface area contributed by atoms with Crippen LogP contribution in [0.1, 0.15) is 50.7 Å². The van der Waals surface area contributed by atoms with Crippen LogP contribution in [0, 0.1) is 0 Å². The van der Waals surface area contributed by atoms with E-state index in [0.29, 0.717) is 0 Å². The van der Waals surface area contributed by atoms with Gasteiger partial charge in [-0.3, -0.25) is 9.59 Å². The molecule has 0 bridgehead atoms. The molecule has 0 saturated carbocycles. The first kappa shape index (κ1) is 26.0. The van der Waals surface area contributed by atoms with Gasteiger partial charge in [0.05, 0.1) is 12.0 Å². The van der Waals surface area contributed by atoms with Gasteiger partial charge < -0.3 is 25.6 Å². The van der Waals surface area contributed by atoms with E-state index >= 15 is 0 Å². The maximum absolute atomic E-state index is 12.7. The SMILES string of the molecule is CC(C)=CCC(NC(=O)OCC1c2ccccc2-c2ccccc21)C(=O)NCC(C)(O)CC(=O)O. The number of benzene rings is 2. The zero-order valence-electron chi connectivity index (χ0n) is 20.2. The number of aliphatic hydroxyl groups is 1. The number of allylic oxidation sites excluding steroid dienone is 1. The number of carbonyl (C=O) groups is 3. The first-order valence-corrected chi connectivity index (χ1v) is 11.5. The summed E-state index contributed by atoms with van der Waals surface area (Å²) in [6.07, 6.45) is 0.778. The fraction of sp³-hybridized carbons (Fsp3) is 0.370. The molecule has 3 rings (SSSR count). The summed E-state index contributed by atoms with van der Waals surface area (Å²) in [5, 5.41) is 24.2. The normalized spacial score (nSPS) is 14.6. The van der Waals surface area contributed by atoms with Gasteiger partial charge in [0, 0.05) is 12.5 Å². The highest BCUT2D eigenvalue weighted by Gasteiger charge is 2.30. The molecule has 2 unspecified atom stereocenters. The van der Waals surface area contributed by atoms with E-state index in [4.69, 9.17) is 9.84 Å². The van der Waals surface area contributed by atoms with Gasteiger partial charge >= 0.3 is 12.1 Å². The molecule has 0 saturated heterocycles. The number of amides is 2. The van der Waals surface area contributed by atoms with Crippen LogP contribution in [0.5, 0.6) is 0 Å². The summed E-state index contributed by atoms with van der Waals surface area (Å²) in [6, 6.07) is 15.1. The average Bonchev–Trinajstić information content (AvgIpc) is 3.11. The molecule has 4 N–H and O–H groups in total. The van der Waals surface area contributed by atoms with Crippen LogP contribution in [0.25, 0.3) is 11.1 Å². The second-order valence-corrected chi connectivity index (χ2v) is 9.32. The number of carboxylic acid groups (broad SMARTS) is 1. The summed E-state index contributed by atoms with van der Waals surface area (Å²) < 4.78 is 5.55. The lowest BCUT2D eigenvalue weighted by Crippen LogP contribution is -2.50. The Morgan fingerprint density at radius 1 is 1.06 bits per heavy atom. The Morgan fingerprint density at radius 2 is 1.63 bits per heavy atom. The highest BCUT2D eigenvalue weighted by atomic mass is 16.5. The molecular formula is C27H32N2O6. The predicted molar refractivity (Wildman–Crippen MR) is 132 cm³/mol. The standard InChI is InChI=1S/C27H32N2O6/c1-17(2)12-13-23(25(32)28-16-27(3,34)14-24(30)31)29-26(33)35-15-22-20-10-6-4-8-18(20)19-9-5-7-11-21(19)22/h4-12,22-23,34H,13-16H2,1-3H3,(H,28,32)(H,29,33)(H,30,31). The van der Waals surface area contributed by atoms with Gasteiger partial charge in [0.25, 0.3) is 0 Å². The maximum Gasteiger partial charge on any atom is 0.407 e. The number of hydrogen-bond acceptors (Lipinski definition) is 5. The van der Waals surface area contributed by atoms with Gasteiger partial charge in [-0.05, 0) is 49.4 Å². The number of aliphatic carboxylic acids is 1. The molecule has 35 heavy (non-hydrogen) atoms. The van der Waals surface area contributed by atoms with Gasteiger partial charge in [-0.2, -0.15) is 0 Å². The van der Waals surface area contributed by atoms with Crippen LogP contribution in [-0.4, -0.2) is 53.0 Å². The topological polar surface area (TPSA) is 125 Å². The summed E-state index contributed by atoms with van der Waals surface area (Å²) in [4.78, 5) is 36.3. The van der Waals surface area contributed by atoms with Gasteiger partial charge in [-0.25, -0.2) is 4.79 Å². The molecule has 2 aromatic carbocycles. The van der Waals surface area contributed by atoms with E-state index in [1.54, 1.807) is 0 Å². The lowest BCUT2D eigenvalue weighted by Gasteiger charge is -2.24. The summed E-state index contributed by atoms with van der Waals surface area (Å²) in [5.41, 5.74) is 3.75. The number of carbonyl (C=O) groups excluding carboxylic acids is 2. The second kappa shape index (κ2) is 11.2. The molecule has 8 heteroatoms. The third kappa shape index (κ3) is 6.93. The number of carboxylic acids is 1. The van der Waals surface area contributed by atoms with Crippen LogP contribution in [0.4, 0.5) is 4.79 Å². The molecule has 0 radical (unpaired) electrons. The molecule has 0 spiro atoms. The van der Waals surface area contributed by atoms with Crippen LogP contribution in [0.3, 0.4) is 0 Å². The van der Waals surface area contributed by atoms with Crippen molar-refractivity contribution in [2.45, 2.75) is 51.2 Å². The zero-order chi connectivity index (χ0) is 25.6. The number of rotatable bonds is 10. The van der Waals surface area contributed by atoms with Gasteiger partial charge in [0.1, 0.15) is 12.6 Å². The number of ether oxygens (including phenoxy) is 1. The summed E-state index contributed by atoms with van der Waals surface area (Å²) in [5.74, 6) is -1.83. The molecule has 2 amide bonds. The Kier molecular flexibility index (Phi) is 8.30. The molecule has 2 aromatic rings. The maximum atomic E-state index is 12.7. The predicted octanol–water partition coefficient (Wildman–Crippen LogP) is 3.59. The smallest absolute Gasteiger partial charge is 0.407 e. The van der Waals surface area contributed by atoms with Crippen LogP contribution in [-0.2, 0) is 14.3 Å². The molecule has 8 nitrogen and oxygen atoms in total. The molecule has 2 atom stereocenters. The highest BCUT2D eigenvalue weighted by Crippen LogP contribution is 2.44. The molecule has 0 heterocycles. The summed E-state index contributed by atoms with van der Waals surface area (Å²) in [7, 11) is 0. The molecule has 186 valence electrons. The van der Waals surface area contributed by atoms with Crippen molar-refractivity contribution in [1.82, 2.24) is 10.6 Å². The van der Waals surface area contributed by atoms with Crippen molar-refractivity contribution in [3.05, 3.63) is 71.3 Å². The first-order valence-electron chi connectivity index (χ1n) is 11.5. The monoisotopic (exact) mass is 480 g/mol. The van der Waals surface area contributed by atoms with Crippen LogP contribution in [0.15, 0.2) is 60.2 Å². The fourth-order valence-electron chi connectivity index (χ4n) is 4.16. The van der Waals surface area contributed by atoms with Gasteiger partial charge in [-0.1, -0.05) is 60.2 Å². The van der Waals surface area contributed by atoms with Crippen molar-refractivity contribution in [2.75, 3.05) is 13.2 Å². The Morgan fingerprint density at radius 3 is 2.17 bits per heavy atom. The molecule has 1 aliphatic carbocycles. The minimum atomic E-state index is -1.62. The second-order valence-electron chi connectivity index (χ2n) is 9.32. The number of nitrogens with one attached hydrogen (secondary N) is 2. The first-order chi connectivity index (χ1) is 16.6. The van der Waals surface area contributed by atoms with E-state index < -0.39 is 36.0 Å². The van der Waals surface area contributed by atoms with Gasteiger partial charge in [0.2, 0.25) is 5.91 Å². The lowest BCUT2D eigenvalue weighted by molar-refractivity contribution is -0.142. The van der Waals surface area contributed by atoms with Crippen LogP contribution < -0.4 is 10.6 Å². The number of alkyl carbamates (subject to hydrolysis) is 1. The van der Waals surface area contributed by atoms with E-state index in [9.17, 15) is 19.5 Å². The van der Waals surface area contributed by atoms with E-state index in [1.807, 2.05) is 68.5 Å². The number of hydrogen-bond donors (Lipinski definition) is 4. The summed E-state index contributed by atoms with van der Waals surface area (Å²) >= 11 is 0. The highest BCUT2D eigenvalue weighted by molar-refractivity contribution is 5.86. The van der Waals surface area contributed by atoms with Crippen LogP contribution in [0.2, 0.25) is 0 Å². The van der Waals surface area contributed by atoms with Crippen molar-refractivity contribution in [3.63, 3.8) is 0 Å². The largest absolute Gasteiger partial charge is 0.481 e. The van der Waals surface area contributed by atoms with Crippen molar-refractivity contribution in [3.8, 4) is 11.1 Å². The molecule has 0 aliphatic heterocycles. The molecule has 1 aliphatic rings. The molecule has 0 aromatic heterocycles. The summed E-state index contributed by atoms with van der Waals surface area (Å²) in [6.45, 7) is 4.92. The number of fused-ring (bicyclic) bond motifs is 3. The van der Waals surface area contributed by atoms with E-state index in [2.05, 4.69) is 10.6 Å². The van der Waals surface area contributed by atoms with E-state index in [-0.39, 0.29) is 25.5 Å². The van der Waals surface area contributed by atoms with Crippen molar-refractivity contribution in [2.24, 2.45) is 0 Å². The Balaban J connectivity index is 1.64. The lowest BCUT2D eigenvalue weighted by atomic mass is 9.98. The minimum absolute atomic E-state index is 0.107. The van der Waals surface area contributed by atoms with Crippen molar-refractivity contribution < 1.29 is 29.3 Å². The zero-order valence-corrected chi connectivity index (χ0v) is 20.2. The van der Waals surface area contributed by atoms with Crippen LogP contribution >= 0.6 is 0 Å². The van der Waals surface area contributed by atoms with Crippen molar-refractivity contribution >= 4 is 18.0 Å². The third-order valence-electron chi connectivity index (χ3n) is 5.89. The molecule has 0 fully saturated rings. The van der Waals surface area contributed by atoms with E-state index in [0.717, 1.165) is 27.8 Å². The molecular weight excluding hydrogens is 448 g/mol. The Labute approximate surface area is 205 Å². The van der Waals surface area contributed by atoms with Crippen molar-refractivity contribution in [1.29, 1.82) is 0 Å². The Bertz CT molecular complexity index is 1070. The van der Waals surface area contributed by atoms with E-state index in [1.165, 1.54) is 6.92 Å².